The van der Waals surface area contributed by atoms with Crippen molar-refractivity contribution in [2.45, 2.75) is 45.3 Å². The van der Waals surface area contributed by atoms with E-state index in [-0.39, 0.29) is 0 Å². The summed E-state index contributed by atoms with van der Waals surface area (Å²) in [5, 5.41) is 8.82. The van der Waals surface area contributed by atoms with E-state index in [1.165, 1.54) is 18.1 Å². The van der Waals surface area contributed by atoms with Crippen molar-refractivity contribution in [3.8, 4) is 17.5 Å². The summed E-state index contributed by atoms with van der Waals surface area (Å²) >= 11 is 0. The van der Waals surface area contributed by atoms with Crippen LogP contribution in [0.3, 0.4) is 0 Å². The van der Waals surface area contributed by atoms with Gasteiger partial charge in [0.25, 0.3) is 0 Å². The highest BCUT2D eigenvalue weighted by molar-refractivity contribution is 6.87. The van der Waals surface area contributed by atoms with Crippen LogP contribution in [0.2, 0.25) is 18.1 Å². The largest absolute Gasteiger partial charge is 0.198 e. The van der Waals surface area contributed by atoms with Gasteiger partial charge >= 0.3 is 0 Å². The zero-order valence-corrected chi connectivity index (χ0v) is 12.6. The molecule has 0 aliphatic heterocycles. The first-order valence-electron chi connectivity index (χ1n) is 6.69. The Balaban J connectivity index is 3.08. The standard InChI is InChI=1S/C16H21NSi/c1-4-18(5-2,6-3)14-12-16-10-8-7-9-15(16)11-13-17/h7-10H,4-6,11H2,1-3H3. The predicted molar refractivity (Wildman–Crippen MR) is 79.8 cm³/mol. The van der Waals surface area contributed by atoms with Crippen molar-refractivity contribution in [1.82, 2.24) is 0 Å². The third-order valence-corrected chi connectivity index (χ3v) is 8.50. The Kier molecular flexibility index (Phi) is 5.69. The van der Waals surface area contributed by atoms with Crippen LogP contribution in [-0.2, 0) is 6.42 Å². The first kappa shape index (κ1) is 14.5. The van der Waals surface area contributed by atoms with Crippen molar-refractivity contribution < 1.29 is 0 Å². The average molecular weight is 255 g/mol. The second-order valence-corrected chi connectivity index (χ2v) is 9.52. The lowest BCUT2D eigenvalue weighted by atomic mass is 10.1. The van der Waals surface area contributed by atoms with Crippen molar-refractivity contribution >= 4 is 8.07 Å². The van der Waals surface area contributed by atoms with Gasteiger partial charge in [-0.3, -0.25) is 0 Å². The maximum Gasteiger partial charge on any atom is 0.138 e. The minimum atomic E-state index is -1.39. The summed E-state index contributed by atoms with van der Waals surface area (Å²) in [5.74, 6) is 3.35. The summed E-state index contributed by atoms with van der Waals surface area (Å²) in [7, 11) is -1.39. The molecule has 0 atom stereocenters. The third kappa shape index (κ3) is 3.49. The summed E-state index contributed by atoms with van der Waals surface area (Å²) in [6, 6.07) is 13.9. The molecule has 0 saturated carbocycles. The molecule has 18 heavy (non-hydrogen) atoms. The van der Waals surface area contributed by atoms with Crippen LogP contribution in [0.4, 0.5) is 0 Å². The number of benzene rings is 1. The fraction of sp³-hybridized carbons (Fsp3) is 0.438. The quantitative estimate of drug-likeness (QED) is 0.585. The van der Waals surface area contributed by atoms with Gasteiger partial charge in [-0.15, -0.1) is 5.54 Å². The fourth-order valence-electron chi connectivity index (χ4n) is 2.10. The number of nitriles is 1. The molecule has 1 nitrogen and oxygen atoms in total. The minimum Gasteiger partial charge on any atom is -0.198 e. The molecule has 0 aliphatic rings. The van der Waals surface area contributed by atoms with Crippen LogP contribution >= 0.6 is 0 Å². The molecule has 1 aromatic rings. The van der Waals surface area contributed by atoms with E-state index in [1.807, 2.05) is 24.3 Å². The normalized spacial score (nSPS) is 10.3. The van der Waals surface area contributed by atoms with Crippen LogP contribution in [0.5, 0.6) is 0 Å². The van der Waals surface area contributed by atoms with Gasteiger partial charge in [-0.2, -0.15) is 5.26 Å². The summed E-state index contributed by atoms with van der Waals surface area (Å²) in [6.45, 7) is 6.78. The molecule has 1 aromatic carbocycles. The molecule has 2 heteroatoms. The SMILES string of the molecule is CC[Si](C#Cc1ccccc1CC#N)(CC)CC. The van der Waals surface area contributed by atoms with E-state index < -0.39 is 8.07 Å². The third-order valence-electron chi connectivity index (χ3n) is 3.78. The summed E-state index contributed by atoms with van der Waals surface area (Å²) in [5.41, 5.74) is 5.66. The van der Waals surface area contributed by atoms with E-state index in [2.05, 4.69) is 38.3 Å². The molecule has 0 radical (unpaired) electrons. The Labute approximate surface area is 112 Å². The zero-order valence-electron chi connectivity index (χ0n) is 11.6. The molecule has 0 unspecified atom stereocenters. The van der Waals surface area contributed by atoms with E-state index in [4.69, 9.17) is 5.26 Å². The highest BCUT2D eigenvalue weighted by Crippen LogP contribution is 2.19. The molecule has 0 spiro atoms. The highest BCUT2D eigenvalue weighted by Gasteiger charge is 2.24. The monoisotopic (exact) mass is 255 g/mol. The first-order valence-corrected chi connectivity index (χ1v) is 9.31. The number of nitrogens with zero attached hydrogens (tertiary/aromatic N) is 1. The second-order valence-electron chi connectivity index (χ2n) is 4.58. The summed E-state index contributed by atoms with van der Waals surface area (Å²) in [6.07, 6.45) is 0.448. The molecule has 0 amide bonds. The fourth-order valence-corrected chi connectivity index (χ4v) is 4.53. The van der Waals surface area contributed by atoms with E-state index in [0.717, 1.165) is 11.1 Å². The van der Waals surface area contributed by atoms with E-state index in [0.29, 0.717) is 6.42 Å². The summed E-state index contributed by atoms with van der Waals surface area (Å²) < 4.78 is 0. The Morgan fingerprint density at radius 1 is 1.06 bits per heavy atom. The van der Waals surface area contributed by atoms with Gasteiger partial charge in [0.2, 0.25) is 0 Å². The summed E-state index contributed by atoms with van der Waals surface area (Å²) in [4.78, 5) is 0. The van der Waals surface area contributed by atoms with Crippen molar-refractivity contribution in [2.24, 2.45) is 0 Å². The Morgan fingerprint density at radius 3 is 2.22 bits per heavy atom. The van der Waals surface area contributed by atoms with Crippen LogP contribution < -0.4 is 0 Å². The lowest BCUT2D eigenvalue weighted by Gasteiger charge is -2.20. The number of rotatable bonds is 4. The van der Waals surface area contributed by atoms with Crippen molar-refractivity contribution in [1.29, 1.82) is 5.26 Å². The number of hydrogen-bond donors (Lipinski definition) is 0. The predicted octanol–water partition coefficient (Wildman–Crippen LogP) is 4.15. The van der Waals surface area contributed by atoms with E-state index in [9.17, 15) is 0 Å². The molecule has 0 bridgehead atoms. The van der Waals surface area contributed by atoms with Gasteiger partial charge in [0.05, 0.1) is 12.5 Å². The van der Waals surface area contributed by atoms with Gasteiger partial charge < -0.3 is 0 Å². The van der Waals surface area contributed by atoms with Gasteiger partial charge in [0.1, 0.15) is 8.07 Å². The van der Waals surface area contributed by atoms with Crippen LogP contribution in [0.15, 0.2) is 24.3 Å². The Bertz CT molecular complexity index is 476. The molecule has 0 aromatic heterocycles. The molecule has 0 aliphatic carbocycles. The van der Waals surface area contributed by atoms with Crippen LogP contribution in [0, 0.1) is 22.8 Å². The lowest BCUT2D eigenvalue weighted by Crippen LogP contribution is -2.29. The molecule has 0 saturated heterocycles. The Hall–Kier alpha value is -1.51. The van der Waals surface area contributed by atoms with E-state index in [1.54, 1.807) is 0 Å². The van der Waals surface area contributed by atoms with E-state index >= 15 is 0 Å². The lowest BCUT2D eigenvalue weighted by molar-refractivity contribution is 1.20. The molecule has 0 fully saturated rings. The maximum absolute atomic E-state index is 8.82. The zero-order chi connectivity index (χ0) is 13.4. The topological polar surface area (TPSA) is 23.8 Å². The second kappa shape index (κ2) is 7.04. The van der Waals surface area contributed by atoms with Gasteiger partial charge in [-0.25, -0.2) is 0 Å². The molecular formula is C16H21NSi. The molecule has 0 N–H and O–H groups in total. The van der Waals surface area contributed by atoms with Crippen LogP contribution in [-0.4, -0.2) is 8.07 Å². The molecule has 0 heterocycles. The van der Waals surface area contributed by atoms with Crippen molar-refractivity contribution in [3.63, 3.8) is 0 Å². The molecule has 94 valence electrons. The number of hydrogen-bond acceptors (Lipinski definition) is 1. The highest BCUT2D eigenvalue weighted by atomic mass is 28.3. The maximum atomic E-state index is 8.82. The molecular weight excluding hydrogens is 234 g/mol. The van der Waals surface area contributed by atoms with Crippen molar-refractivity contribution in [3.05, 3.63) is 35.4 Å². The smallest absolute Gasteiger partial charge is 0.138 e. The van der Waals surface area contributed by atoms with Crippen molar-refractivity contribution in [2.75, 3.05) is 0 Å². The van der Waals surface area contributed by atoms with Gasteiger partial charge in [0.15, 0.2) is 0 Å². The van der Waals surface area contributed by atoms with Gasteiger partial charge in [0, 0.05) is 5.56 Å². The van der Waals surface area contributed by atoms with Crippen LogP contribution in [0.25, 0.3) is 0 Å². The van der Waals surface area contributed by atoms with Gasteiger partial charge in [-0.05, 0) is 29.8 Å². The Morgan fingerprint density at radius 2 is 1.67 bits per heavy atom. The van der Waals surface area contributed by atoms with Gasteiger partial charge in [-0.1, -0.05) is 44.9 Å². The average Bonchev–Trinajstić information content (AvgIpc) is 2.43. The van der Waals surface area contributed by atoms with Crippen LogP contribution in [0.1, 0.15) is 31.9 Å². The minimum absolute atomic E-state index is 0.448. The first-order chi connectivity index (χ1) is 8.71. The molecule has 1 rings (SSSR count).